The molecule has 0 aromatic heterocycles. The fourth-order valence-corrected chi connectivity index (χ4v) is 1.53. The van der Waals surface area contributed by atoms with E-state index in [1.54, 1.807) is 6.92 Å². The molecule has 0 spiro atoms. The Labute approximate surface area is 98.9 Å². The predicted octanol–water partition coefficient (Wildman–Crippen LogP) is 1.66. The number of hydrogen-bond acceptors (Lipinski definition) is 5. The molecule has 0 atom stereocenters. The van der Waals surface area contributed by atoms with Gasteiger partial charge in [0.15, 0.2) is 0 Å². The maximum Gasteiger partial charge on any atom is 0.310 e. The number of thiol groups is 1. The summed E-state index contributed by atoms with van der Waals surface area (Å²) < 4.78 is 4.78. The average Bonchev–Trinajstić information content (AvgIpc) is 2.23. The summed E-state index contributed by atoms with van der Waals surface area (Å²) >= 11 is 4.01. The zero-order valence-corrected chi connectivity index (χ0v) is 9.62. The van der Waals surface area contributed by atoms with Gasteiger partial charge in [-0.1, -0.05) is 0 Å². The minimum atomic E-state index is -0.371. The molecule has 0 saturated heterocycles. The minimum Gasteiger partial charge on any atom is -0.505 e. The molecule has 0 unspecified atom stereocenters. The quantitative estimate of drug-likeness (QED) is 0.619. The van der Waals surface area contributed by atoms with Crippen molar-refractivity contribution in [1.82, 2.24) is 0 Å². The van der Waals surface area contributed by atoms with Gasteiger partial charge in [0.1, 0.15) is 11.8 Å². The van der Waals surface area contributed by atoms with Crippen LogP contribution < -0.4 is 0 Å². The molecule has 4 nitrogen and oxygen atoms in total. The number of phenols is 1. The van der Waals surface area contributed by atoms with Crippen molar-refractivity contribution in [2.75, 3.05) is 6.61 Å². The molecule has 1 rings (SSSR count). The lowest BCUT2D eigenvalue weighted by Crippen LogP contribution is -2.07. The Balaban J connectivity index is 2.95. The molecule has 1 aromatic carbocycles. The number of benzene rings is 1. The Morgan fingerprint density at radius 3 is 2.88 bits per heavy atom. The van der Waals surface area contributed by atoms with Crippen LogP contribution in [0.25, 0.3) is 0 Å². The van der Waals surface area contributed by atoms with Crippen molar-refractivity contribution >= 4 is 18.6 Å². The van der Waals surface area contributed by atoms with Gasteiger partial charge in [0.2, 0.25) is 0 Å². The third-order valence-corrected chi connectivity index (χ3v) is 2.26. The number of ether oxygens (including phenoxy) is 1. The topological polar surface area (TPSA) is 70.3 Å². The van der Waals surface area contributed by atoms with E-state index in [2.05, 4.69) is 12.6 Å². The highest BCUT2D eigenvalue weighted by Crippen LogP contribution is 2.27. The van der Waals surface area contributed by atoms with Crippen molar-refractivity contribution in [3.63, 3.8) is 0 Å². The molecule has 0 aliphatic rings. The normalized spacial score (nSPS) is 9.56. The average molecular weight is 237 g/mol. The van der Waals surface area contributed by atoms with E-state index in [0.29, 0.717) is 12.2 Å². The van der Waals surface area contributed by atoms with Crippen LogP contribution >= 0.6 is 12.6 Å². The maximum atomic E-state index is 11.2. The summed E-state index contributed by atoms with van der Waals surface area (Å²) in [5.74, 6) is -0.539. The van der Waals surface area contributed by atoms with Crippen LogP contribution in [-0.2, 0) is 16.0 Å². The first kappa shape index (κ1) is 12.4. The largest absolute Gasteiger partial charge is 0.505 e. The number of esters is 1. The molecule has 16 heavy (non-hydrogen) atoms. The molecule has 0 fully saturated rings. The Morgan fingerprint density at radius 2 is 2.31 bits per heavy atom. The van der Waals surface area contributed by atoms with Crippen LogP contribution in [0, 0.1) is 11.3 Å². The molecule has 5 heteroatoms. The molecular formula is C11H11NO3S. The van der Waals surface area contributed by atoms with Crippen LogP contribution in [0.5, 0.6) is 5.75 Å². The first-order chi connectivity index (χ1) is 7.58. The Kier molecular flexibility index (Phi) is 4.20. The Morgan fingerprint density at radius 1 is 1.62 bits per heavy atom. The number of rotatable bonds is 3. The van der Waals surface area contributed by atoms with Gasteiger partial charge in [-0.25, -0.2) is 0 Å². The van der Waals surface area contributed by atoms with E-state index in [0.717, 1.165) is 0 Å². The summed E-state index contributed by atoms with van der Waals surface area (Å²) in [6.07, 6.45) is 0.0658. The van der Waals surface area contributed by atoms with E-state index >= 15 is 0 Å². The van der Waals surface area contributed by atoms with Crippen LogP contribution in [0.3, 0.4) is 0 Å². The highest BCUT2D eigenvalue weighted by Gasteiger charge is 2.10. The van der Waals surface area contributed by atoms with Gasteiger partial charge in [0, 0.05) is 4.90 Å². The highest BCUT2D eigenvalue weighted by molar-refractivity contribution is 7.80. The molecule has 1 N–H and O–H groups in total. The van der Waals surface area contributed by atoms with E-state index < -0.39 is 0 Å². The van der Waals surface area contributed by atoms with E-state index in [1.807, 2.05) is 6.07 Å². The van der Waals surface area contributed by atoms with Gasteiger partial charge in [-0.15, -0.1) is 12.6 Å². The second-order valence-electron chi connectivity index (χ2n) is 3.10. The molecule has 0 saturated carbocycles. The van der Waals surface area contributed by atoms with Crippen LogP contribution in [0.1, 0.15) is 18.1 Å². The molecule has 84 valence electrons. The SMILES string of the molecule is CCOC(=O)Cc1cc(S)c(O)c(C#N)c1. The van der Waals surface area contributed by atoms with Gasteiger partial charge in [0.05, 0.1) is 18.6 Å². The first-order valence-electron chi connectivity index (χ1n) is 4.69. The molecule has 0 aliphatic carbocycles. The fraction of sp³-hybridized carbons (Fsp3) is 0.273. The van der Waals surface area contributed by atoms with Gasteiger partial charge < -0.3 is 9.84 Å². The highest BCUT2D eigenvalue weighted by atomic mass is 32.1. The number of hydrogen-bond donors (Lipinski definition) is 2. The van der Waals surface area contributed by atoms with Crippen molar-refractivity contribution in [3.8, 4) is 11.8 Å². The van der Waals surface area contributed by atoms with Crippen molar-refractivity contribution in [2.45, 2.75) is 18.2 Å². The molecular weight excluding hydrogens is 226 g/mol. The Bertz CT molecular complexity index is 451. The molecule has 0 bridgehead atoms. The monoisotopic (exact) mass is 237 g/mol. The fourth-order valence-electron chi connectivity index (χ4n) is 1.24. The van der Waals surface area contributed by atoms with Gasteiger partial charge >= 0.3 is 5.97 Å². The minimum absolute atomic E-state index is 0.0658. The van der Waals surface area contributed by atoms with Gasteiger partial charge in [-0.2, -0.15) is 5.26 Å². The predicted molar refractivity (Wildman–Crippen MR) is 60.4 cm³/mol. The number of carbonyl (C=O) groups is 1. The molecule has 0 amide bonds. The summed E-state index contributed by atoms with van der Waals surface area (Å²) in [6.45, 7) is 2.04. The number of aromatic hydroxyl groups is 1. The van der Waals surface area contributed by atoms with E-state index in [-0.39, 0.29) is 28.6 Å². The molecule has 0 aliphatic heterocycles. The Hall–Kier alpha value is -1.67. The lowest BCUT2D eigenvalue weighted by Gasteiger charge is -2.05. The van der Waals surface area contributed by atoms with E-state index in [9.17, 15) is 9.90 Å². The summed E-state index contributed by atoms with van der Waals surface area (Å²) in [6, 6.07) is 4.82. The number of phenolic OH excluding ortho intramolecular Hbond substituents is 1. The van der Waals surface area contributed by atoms with Crippen LogP contribution in [-0.4, -0.2) is 17.7 Å². The summed E-state index contributed by atoms with van der Waals surface area (Å²) in [5, 5.41) is 18.2. The third kappa shape index (κ3) is 2.91. The van der Waals surface area contributed by atoms with Crippen molar-refractivity contribution in [1.29, 1.82) is 5.26 Å². The number of carbonyl (C=O) groups excluding carboxylic acids is 1. The summed E-state index contributed by atoms with van der Waals surface area (Å²) in [5.41, 5.74) is 0.699. The van der Waals surface area contributed by atoms with Gasteiger partial charge in [-0.05, 0) is 24.6 Å². The smallest absolute Gasteiger partial charge is 0.310 e. The summed E-state index contributed by atoms with van der Waals surface area (Å²) in [4.78, 5) is 11.5. The first-order valence-corrected chi connectivity index (χ1v) is 5.13. The van der Waals surface area contributed by atoms with E-state index in [1.165, 1.54) is 12.1 Å². The van der Waals surface area contributed by atoms with E-state index in [4.69, 9.17) is 10.00 Å². The zero-order chi connectivity index (χ0) is 12.1. The van der Waals surface area contributed by atoms with Crippen LogP contribution in [0.2, 0.25) is 0 Å². The molecule has 1 aromatic rings. The summed E-state index contributed by atoms with van der Waals surface area (Å²) in [7, 11) is 0. The lowest BCUT2D eigenvalue weighted by molar-refractivity contribution is -0.142. The standard InChI is InChI=1S/C11H11NO3S/c1-2-15-10(13)5-7-3-8(6-12)11(14)9(16)4-7/h3-4,14,16H,2,5H2,1H3. The molecule has 0 radical (unpaired) electrons. The molecule has 0 heterocycles. The third-order valence-electron chi connectivity index (χ3n) is 1.92. The van der Waals surface area contributed by atoms with Crippen molar-refractivity contribution < 1.29 is 14.6 Å². The number of nitriles is 1. The van der Waals surface area contributed by atoms with Crippen molar-refractivity contribution in [2.24, 2.45) is 0 Å². The lowest BCUT2D eigenvalue weighted by atomic mass is 10.1. The maximum absolute atomic E-state index is 11.2. The van der Waals surface area contributed by atoms with Gasteiger partial charge in [-0.3, -0.25) is 4.79 Å². The number of nitrogens with zero attached hydrogens (tertiary/aromatic N) is 1. The second kappa shape index (κ2) is 5.42. The van der Waals surface area contributed by atoms with Crippen LogP contribution in [0.4, 0.5) is 0 Å². The van der Waals surface area contributed by atoms with Crippen LogP contribution in [0.15, 0.2) is 17.0 Å². The zero-order valence-electron chi connectivity index (χ0n) is 8.73. The second-order valence-corrected chi connectivity index (χ2v) is 3.59. The van der Waals surface area contributed by atoms with Crippen molar-refractivity contribution in [3.05, 3.63) is 23.3 Å². The van der Waals surface area contributed by atoms with Gasteiger partial charge in [0.25, 0.3) is 0 Å².